The minimum absolute atomic E-state index is 0.0392. The summed E-state index contributed by atoms with van der Waals surface area (Å²) in [7, 11) is -3.82. The van der Waals surface area contributed by atoms with Gasteiger partial charge in [-0.1, -0.05) is 46.3 Å². The molecule has 0 N–H and O–H groups in total. The van der Waals surface area contributed by atoms with Gasteiger partial charge in [0, 0.05) is 24.0 Å². The second-order valence-electron chi connectivity index (χ2n) is 6.44. The molecule has 0 unspecified atom stereocenters. The molecule has 0 radical (unpaired) electrons. The Hall–Kier alpha value is -2.16. The van der Waals surface area contributed by atoms with Gasteiger partial charge < -0.3 is 14.1 Å². The second kappa shape index (κ2) is 8.06. The highest BCUT2D eigenvalue weighted by Crippen LogP contribution is 2.32. The Morgan fingerprint density at radius 3 is 2.36 bits per heavy atom. The smallest absolute Gasteiger partial charge is 0.236 e. The maximum absolute atomic E-state index is 13.3. The standard InChI is InChI=1S/C20H19BrN2O4S/c21-16-6-8-17(9-7-16)28(24,25)19-20(23-10-12-26-13-11-23)27-18(22-19)14-15-4-2-1-3-5-15/h1-9H,10-14H2. The summed E-state index contributed by atoms with van der Waals surface area (Å²) >= 11 is 3.34. The third kappa shape index (κ3) is 3.99. The maximum atomic E-state index is 13.3. The molecule has 3 aromatic rings. The first-order chi connectivity index (χ1) is 13.5. The number of nitrogens with zero attached hydrogens (tertiary/aromatic N) is 2. The number of rotatable bonds is 5. The van der Waals surface area contributed by atoms with Crippen LogP contribution in [0.25, 0.3) is 0 Å². The van der Waals surface area contributed by atoms with Gasteiger partial charge in [-0.25, -0.2) is 8.42 Å². The van der Waals surface area contributed by atoms with Gasteiger partial charge in [0.15, 0.2) is 0 Å². The van der Waals surface area contributed by atoms with E-state index >= 15 is 0 Å². The van der Waals surface area contributed by atoms with E-state index in [1.165, 1.54) is 0 Å². The lowest BCUT2D eigenvalue weighted by molar-refractivity contribution is 0.120. The maximum Gasteiger partial charge on any atom is 0.236 e. The van der Waals surface area contributed by atoms with Crippen molar-refractivity contribution in [2.24, 2.45) is 0 Å². The van der Waals surface area contributed by atoms with Gasteiger partial charge in [-0.2, -0.15) is 4.98 Å². The number of oxazole rings is 1. The van der Waals surface area contributed by atoms with E-state index in [0.29, 0.717) is 38.6 Å². The van der Waals surface area contributed by atoms with Crippen molar-refractivity contribution in [2.45, 2.75) is 16.3 Å². The average Bonchev–Trinajstić information content (AvgIpc) is 3.14. The molecule has 0 saturated carbocycles. The first-order valence-electron chi connectivity index (χ1n) is 8.91. The fourth-order valence-corrected chi connectivity index (χ4v) is 4.66. The van der Waals surface area contributed by atoms with Crippen LogP contribution in [0.2, 0.25) is 0 Å². The molecule has 1 fully saturated rings. The van der Waals surface area contributed by atoms with Crippen LogP contribution < -0.4 is 4.90 Å². The molecule has 6 nitrogen and oxygen atoms in total. The Bertz CT molecular complexity index is 1040. The van der Waals surface area contributed by atoms with E-state index in [1.807, 2.05) is 35.2 Å². The molecule has 4 rings (SSSR count). The van der Waals surface area contributed by atoms with E-state index < -0.39 is 9.84 Å². The lowest BCUT2D eigenvalue weighted by Gasteiger charge is -2.26. The topological polar surface area (TPSA) is 72.6 Å². The Kier molecular flexibility index (Phi) is 5.52. The second-order valence-corrected chi connectivity index (χ2v) is 9.22. The summed E-state index contributed by atoms with van der Waals surface area (Å²) in [5, 5.41) is -0.0392. The van der Waals surface area contributed by atoms with Crippen LogP contribution in [0, 0.1) is 0 Å². The van der Waals surface area contributed by atoms with Gasteiger partial charge in [-0.05, 0) is 29.8 Å². The van der Waals surface area contributed by atoms with Gasteiger partial charge in [0.2, 0.25) is 26.6 Å². The molecule has 0 amide bonds. The number of hydrogen-bond donors (Lipinski definition) is 0. The van der Waals surface area contributed by atoms with Crippen molar-refractivity contribution in [1.29, 1.82) is 0 Å². The number of morpholine rings is 1. The number of halogens is 1. The van der Waals surface area contributed by atoms with Crippen LogP contribution >= 0.6 is 15.9 Å². The van der Waals surface area contributed by atoms with Crippen molar-refractivity contribution >= 4 is 31.7 Å². The summed E-state index contributed by atoms with van der Waals surface area (Å²) in [5.41, 5.74) is 1.00. The molecular weight excluding hydrogens is 444 g/mol. The van der Waals surface area contributed by atoms with E-state index in [9.17, 15) is 8.42 Å². The molecule has 0 atom stereocenters. The van der Waals surface area contributed by atoms with Crippen molar-refractivity contribution in [3.63, 3.8) is 0 Å². The Balaban J connectivity index is 1.76. The fourth-order valence-electron chi connectivity index (χ4n) is 3.05. The molecule has 2 heterocycles. The van der Waals surface area contributed by atoms with Crippen LogP contribution in [0.1, 0.15) is 11.5 Å². The monoisotopic (exact) mass is 462 g/mol. The van der Waals surface area contributed by atoms with Crippen molar-refractivity contribution in [1.82, 2.24) is 4.98 Å². The number of ether oxygens (including phenoxy) is 1. The van der Waals surface area contributed by atoms with Crippen LogP contribution in [0.4, 0.5) is 5.88 Å². The predicted octanol–water partition coefficient (Wildman–Crippen LogP) is 3.70. The quantitative estimate of drug-likeness (QED) is 0.575. The summed E-state index contributed by atoms with van der Waals surface area (Å²) in [6.07, 6.45) is 0.425. The largest absolute Gasteiger partial charge is 0.423 e. The highest BCUT2D eigenvalue weighted by molar-refractivity contribution is 9.10. The lowest BCUT2D eigenvalue weighted by atomic mass is 10.2. The van der Waals surface area contributed by atoms with Crippen LogP contribution in [0.15, 0.2) is 73.4 Å². The van der Waals surface area contributed by atoms with Gasteiger partial charge in [-0.15, -0.1) is 0 Å². The highest BCUT2D eigenvalue weighted by atomic mass is 79.9. The van der Waals surface area contributed by atoms with Crippen LogP contribution in [-0.4, -0.2) is 39.7 Å². The predicted molar refractivity (Wildman–Crippen MR) is 108 cm³/mol. The molecule has 8 heteroatoms. The molecule has 1 aliphatic rings. The SMILES string of the molecule is O=S(=O)(c1ccc(Br)cc1)c1nc(Cc2ccccc2)oc1N1CCOCC1. The molecule has 0 spiro atoms. The molecule has 1 aliphatic heterocycles. The fraction of sp³-hybridized carbons (Fsp3) is 0.250. The first-order valence-corrected chi connectivity index (χ1v) is 11.2. The molecule has 0 aliphatic carbocycles. The number of aromatic nitrogens is 1. The Morgan fingerprint density at radius 2 is 1.68 bits per heavy atom. The zero-order chi connectivity index (χ0) is 19.6. The summed E-state index contributed by atoms with van der Waals surface area (Å²) in [6, 6.07) is 16.2. The van der Waals surface area contributed by atoms with Crippen molar-refractivity contribution in [3.8, 4) is 0 Å². The first kappa shape index (κ1) is 19.2. The third-order valence-electron chi connectivity index (χ3n) is 4.50. The molecule has 1 saturated heterocycles. The molecule has 1 aromatic heterocycles. The minimum Gasteiger partial charge on any atom is -0.423 e. The van der Waals surface area contributed by atoms with Gasteiger partial charge in [0.05, 0.1) is 18.1 Å². The summed E-state index contributed by atoms with van der Waals surface area (Å²) < 4.78 is 38.7. The van der Waals surface area contributed by atoms with Crippen LogP contribution in [-0.2, 0) is 21.0 Å². The van der Waals surface area contributed by atoms with Crippen molar-refractivity contribution < 1.29 is 17.6 Å². The van der Waals surface area contributed by atoms with Crippen molar-refractivity contribution in [2.75, 3.05) is 31.2 Å². The van der Waals surface area contributed by atoms with Gasteiger partial charge in [-0.3, -0.25) is 0 Å². The molecule has 2 aromatic carbocycles. The third-order valence-corrected chi connectivity index (χ3v) is 6.70. The van der Waals surface area contributed by atoms with Gasteiger partial charge >= 0.3 is 0 Å². The summed E-state index contributed by atoms with van der Waals surface area (Å²) in [5.74, 6) is 0.667. The number of anilines is 1. The zero-order valence-corrected chi connectivity index (χ0v) is 17.4. The molecule has 28 heavy (non-hydrogen) atoms. The van der Waals surface area contributed by atoms with E-state index in [2.05, 4.69) is 20.9 Å². The zero-order valence-electron chi connectivity index (χ0n) is 15.0. The highest BCUT2D eigenvalue weighted by Gasteiger charge is 2.31. The minimum atomic E-state index is -3.82. The Labute approximate surface area is 172 Å². The van der Waals surface area contributed by atoms with Crippen LogP contribution in [0.5, 0.6) is 0 Å². The summed E-state index contributed by atoms with van der Waals surface area (Å²) in [6.45, 7) is 2.16. The lowest BCUT2D eigenvalue weighted by Crippen LogP contribution is -2.36. The van der Waals surface area contributed by atoms with Crippen LogP contribution in [0.3, 0.4) is 0 Å². The van der Waals surface area contributed by atoms with E-state index in [4.69, 9.17) is 9.15 Å². The molecule has 146 valence electrons. The normalized spacial score (nSPS) is 15.0. The van der Waals surface area contributed by atoms with E-state index in [0.717, 1.165) is 10.0 Å². The molecule has 0 bridgehead atoms. The van der Waals surface area contributed by atoms with E-state index in [1.54, 1.807) is 24.3 Å². The molecular formula is C20H19BrN2O4S. The van der Waals surface area contributed by atoms with Gasteiger partial charge in [0.25, 0.3) is 0 Å². The Morgan fingerprint density at radius 1 is 1.00 bits per heavy atom. The average molecular weight is 463 g/mol. The number of hydrogen-bond acceptors (Lipinski definition) is 6. The van der Waals surface area contributed by atoms with Gasteiger partial charge in [0.1, 0.15) is 0 Å². The number of benzene rings is 2. The summed E-state index contributed by atoms with van der Waals surface area (Å²) in [4.78, 5) is 6.47. The van der Waals surface area contributed by atoms with Crippen molar-refractivity contribution in [3.05, 3.63) is 70.5 Å². The number of sulfone groups is 1. The van der Waals surface area contributed by atoms with E-state index in [-0.39, 0.29) is 15.8 Å².